The molecule has 1 N–H and O–H groups in total. The van der Waals surface area contributed by atoms with Gasteiger partial charge in [0.15, 0.2) is 0 Å². The van der Waals surface area contributed by atoms with Gasteiger partial charge in [0.2, 0.25) is 5.91 Å². The Hall–Kier alpha value is -2.02. The van der Waals surface area contributed by atoms with Crippen LogP contribution in [0.25, 0.3) is 0 Å². The van der Waals surface area contributed by atoms with Crippen LogP contribution < -0.4 is 10.2 Å². The third kappa shape index (κ3) is 2.30. The van der Waals surface area contributed by atoms with E-state index in [0.717, 1.165) is 11.3 Å². The van der Waals surface area contributed by atoms with Crippen LogP contribution in [-0.2, 0) is 4.79 Å². The number of amides is 1. The van der Waals surface area contributed by atoms with Crippen LogP contribution in [-0.4, -0.2) is 24.5 Å². The van der Waals surface area contributed by atoms with Crippen molar-refractivity contribution in [3.8, 4) is 6.07 Å². The molecule has 1 aromatic rings. The van der Waals surface area contributed by atoms with Gasteiger partial charge in [0.25, 0.3) is 0 Å². The molecule has 1 fully saturated rings. The topological polar surface area (TPSA) is 56.1 Å². The van der Waals surface area contributed by atoms with Gasteiger partial charge in [-0.05, 0) is 31.5 Å². The zero-order valence-electron chi connectivity index (χ0n) is 10.7. The zero-order valence-corrected chi connectivity index (χ0v) is 10.7. The number of carbonyl (C=O) groups is 1. The van der Waals surface area contributed by atoms with Crippen LogP contribution in [0.1, 0.15) is 18.9 Å². The highest BCUT2D eigenvalue weighted by Gasteiger charge is 2.33. The van der Waals surface area contributed by atoms with E-state index in [9.17, 15) is 4.79 Å². The number of carbonyl (C=O) groups excluding carboxylic acids is 1. The van der Waals surface area contributed by atoms with Crippen LogP contribution >= 0.6 is 0 Å². The van der Waals surface area contributed by atoms with Crippen molar-refractivity contribution < 1.29 is 4.79 Å². The molecule has 2 unspecified atom stereocenters. The molecule has 0 spiro atoms. The van der Waals surface area contributed by atoms with Gasteiger partial charge < -0.3 is 10.2 Å². The summed E-state index contributed by atoms with van der Waals surface area (Å²) in [6.07, 6.45) is 0.212. The monoisotopic (exact) mass is 243 g/mol. The first-order valence-corrected chi connectivity index (χ1v) is 6.13. The van der Waals surface area contributed by atoms with Crippen LogP contribution in [0.15, 0.2) is 24.3 Å². The van der Waals surface area contributed by atoms with Crippen molar-refractivity contribution in [3.05, 3.63) is 29.8 Å². The van der Waals surface area contributed by atoms with Gasteiger partial charge in [-0.2, -0.15) is 5.26 Å². The zero-order chi connectivity index (χ0) is 13.1. The predicted octanol–water partition coefficient (Wildman–Crippen LogP) is 1.60. The van der Waals surface area contributed by atoms with E-state index in [2.05, 4.69) is 29.3 Å². The number of hydrogen-bond donors (Lipinski definition) is 1. The molecule has 2 atom stereocenters. The molecule has 1 aliphatic rings. The van der Waals surface area contributed by atoms with E-state index in [0.29, 0.717) is 6.54 Å². The van der Waals surface area contributed by atoms with Gasteiger partial charge in [0.05, 0.1) is 12.5 Å². The van der Waals surface area contributed by atoms with Crippen molar-refractivity contribution >= 4 is 11.6 Å². The number of aryl methyl sites for hydroxylation is 1. The maximum atomic E-state index is 11.9. The molecule has 2 rings (SSSR count). The molecule has 0 saturated carbocycles. The van der Waals surface area contributed by atoms with E-state index >= 15 is 0 Å². The van der Waals surface area contributed by atoms with Crippen molar-refractivity contribution in [2.75, 3.05) is 11.4 Å². The second kappa shape index (κ2) is 5.09. The maximum Gasteiger partial charge on any atom is 0.243 e. The van der Waals surface area contributed by atoms with E-state index in [1.54, 1.807) is 0 Å². The number of nitriles is 1. The molecular weight excluding hydrogens is 226 g/mol. The van der Waals surface area contributed by atoms with Crippen LogP contribution in [0.3, 0.4) is 0 Å². The van der Waals surface area contributed by atoms with Crippen molar-refractivity contribution in [2.45, 2.75) is 32.4 Å². The number of benzene rings is 1. The summed E-state index contributed by atoms with van der Waals surface area (Å²) < 4.78 is 0. The first kappa shape index (κ1) is 12.4. The van der Waals surface area contributed by atoms with E-state index in [-0.39, 0.29) is 24.4 Å². The Morgan fingerprint density at radius 1 is 1.56 bits per heavy atom. The van der Waals surface area contributed by atoms with E-state index in [4.69, 9.17) is 5.26 Å². The minimum absolute atomic E-state index is 0.0591. The Morgan fingerprint density at radius 2 is 2.33 bits per heavy atom. The van der Waals surface area contributed by atoms with Crippen LogP contribution in [0, 0.1) is 18.3 Å². The molecule has 1 aliphatic heterocycles. The molecule has 0 radical (unpaired) electrons. The van der Waals surface area contributed by atoms with Gasteiger partial charge in [-0.1, -0.05) is 12.1 Å². The van der Waals surface area contributed by atoms with E-state index in [1.807, 2.05) is 25.1 Å². The lowest BCUT2D eigenvalue weighted by atomic mass is 10.0. The summed E-state index contributed by atoms with van der Waals surface area (Å²) in [5.41, 5.74) is 2.17. The van der Waals surface area contributed by atoms with Crippen molar-refractivity contribution in [3.63, 3.8) is 0 Å². The highest BCUT2D eigenvalue weighted by atomic mass is 16.2. The van der Waals surface area contributed by atoms with E-state index in [1.165, 1.54) is 0 Å². The molecular formula is C14H17N3O. The number of nitrogens with one attached hydrogen (secondary N) is 1. The molecule has 0 aromatic heterocycles. The average molecular weight is 243 g/mol. The summed E-state index contributed by atoms with van der Waals surface area (Å²) in [5, 5.41) is 11.7. The number of nitrogens with zero attached hydrogens (tertiary/aromatic N) is 2. The summed E-state index contributed by atoms with van der Waals surface area (Å²) in [7, 11) is 0. The standard InChI is InChI=1S/C14H17N3O/c1-10-4-3-5-12(8-10)17-11(2)9-16-14(18)13(17)6-7-15/h3-5,8,11,13H,6,9H2,1-2H3,(H,16,18). The fourth-order valence-corrected chi connectivity index (χ4v) is 2.40. The minimum atomic E-state index is -0.388. The van der Waals surface area contributed by atoms with Gasteiger partial charge in [-0.25, -0.2) is 0 Å². The molecule has 18 heavy (non-hydrogen) atoms. The number of hydrogen-bond acceptors (Lipinski definition) is 3. The Bertz CT molecular complexity index is 492. The lowest BCUT2D eigenvalue weighted by molar-refractivity contribution is -0.123. The molecule has 1 saturated heterocycles. The Kier molecular flexibility index (Phi) is 3.52. The number of piperazine rings is 1. The van der Waals surface area contributed by atoms with Crippen LogP contribution in [0.2, 0.25) is 0 Å². The van der Waals surface area contributed by atoms with Crippen LogP contribution in [0.5, 0.6) is 0 Å². The first-order chi connectivity index (χ1) is 8.63. The van der Waals surface area contributed by atoms with Gasteiger partial charge in [-0.15, -0.1) is 0 Å². The van der Waals surface area contributed by atoms with Gasteiger partial charge in [0, 0.05) is 18.3 Å². The normalized spacial score (nSPS) is 23.4. The van der Waals surface area contributed by atoms with Gasteiger partial charge in [0.1, 0.15) is 6.04 Å². The second-order valence-corrected chi connectivity index (χ2v) is 4.72. The summed E-state index contributed by atoms with van der Waals surface area (Å²) >= 11 is 0. The molecule has 4 nitrogen and oxygen atoms in total. The van der Waals surface area contributed by atoms with Gasteiger partial charge in [-0.3, -0.25) is 4.79 Å². The van der Waals surface area contributed by atoms with Crippen molar-refractivity contribution in [2.24, 2.45) is 0 Å². The molecule has 1 aromatic carbocycles. The Balaban J connectivity index is 2.36. The fraction of sp³-hybridized carbons (Fsp3) is 0.429. The summed E-state index contributed by atoms with van der Waals surface area (Å²) in [6.45, 7) is 4.71. The fourth-order valence-electron chi connectivity index (χ4n) is 2.40. The summed E-state index contributed by atoms with van der Waals surface area (Å²) in [4.78, 5) is 13.9. The first-order valence-electron chi connectivity index (χ1n) is 6.13. The van der Waals surface area contributed by atoms with Crippen LogP contribution in [0.4, 0.5) is 5.69 Å². The van der Waals surface area contributed by atoms with Gasteiger partial charge >= 0.3 is 0 Å². The van der Waals surface area contributed by atoms with Crippen molar-refractivity contribution in [1.82, 2.24) is 5.32 Å². The molecule has 0 aliphatic carbocycles. The summed E-state index contributed by atoms with van der Waals surface area (Å²) in [5.74, 6) is -0.0591. The third-order valence-electron chi connectivity index (χ3n) is 3.27. The Labute approximate surface area is 107 Å². The molecule has 94 valence electrons. The molecule has 4 heteroatoms. The lowest BCUT2D eigenvalue weighted by Crippen LogP contribution is -2.59. The van der Waals surface area contributed by atoms with Crippen molar-refractivity contribution in [1.29, 1.82) is 5.26 Å². The van der Waals surface area contributed by atoms with E-state index < -0.39 is 0 Å². The molecule has 0 bridgehead atoms. The molecule has 1 heterocycles. The third-order valence-corrected chi connectivity index (χ3v) is 3.27. The second-order valence-electron chi connectivity index (χ2n) is 4.72. The summed E-state index contributed by atoms with van der Waals surface area (Å²) in [6, 6.07) is 9.96. The predicted molar refractivity (Wildman–Crippen MR) is 70.1 cm³/mol. The maximum absolute atomic E-state index is 11.9. The highest BCUT2D eigenvalue weighted by molar-refractivity contribution is 5.87. The SMILES string of the molecule is Cc1cccc(N2C(C)CNC(=O)C2CC#N)c1. The smallest absolute Gasteiger partial charge is 0.243 e. The quantitative estimate of drug-likeness (QED) is 0.858. The highest BCUT2D eigenvalue weighted by Crippen LogP contribution is 2.24. The Morgan fingerprint density at radius 3 is 3.00 bits per heavy atom. The minimum Gasteiger partial charge on any atom is -0.354 e. The number of rotatable bonds is 2. The average Bonchev–Trinajstić information content (AvgIpc) is 2.34. The largest absolute Gasteiger partial charge is 0.354 e. The number of anilines is 1. The lowest BCUT2D eigenvalue weighted by Gasteiger charge is -2.41. The molecule has 1 amide bonds.